The molecule has 0 bridgehead atoms. The molecule has 2 aliphatic heterocycles. The van der Waals surface area contributed by atoms with E-state index in [1.54, 1.807) is 22.2 Å². The van der Waals surface area contributed by atoms with Crippen LogP contribution in [0, 0.1) is 18.8 Å². The van der Waals surface area contributed by atoms with E-state index in [1.807, 2.05) is 56.3 Å². The Morgan fingerprint density at radius 3 is 1.81 bits per heavy atom. The number of nitrogens with zero attached hydrogens (tertiary/aromatic N) is 4. The molecule has 4 amide bonds. The van der Waals surface area contributed by atoms with E-state index >= 15 is 0 Å². The summed E-state index contributed by atoms with van der Waals surface area (Å²) in [6.45, 7) is 10.3. The predicted molar refractivity (Wildman–Crippen MR) is 243 cm³/mol. The number of rotatable bonds is 16. The van der Waals surface area contributed by atoms with Gasteiger partial charge >= 0.3 is 6.09 Å². The standard InChI is InChI=1S/C44H48N8O7.C3H8.C2H2/c1-4-13-51(38(53)21-47-44(56)57-3)22-36-45-19-32(48-36)28-15-30-24-59-35-18-29(16-31-25-58-34(17-28)39(30)40(31)35)33-20-46-37(49-33)23-52(14-5-2)43(55)41(26-9-7-6-8-10-26)50-42(54)27-11-12-27;1-3-2;1-2/h6-10,15-20,27,41H,4-5,11-14,21-25H2,1-3H3,(H,45,48)(H,46,49)(H,47,56)(H,50,54);3H2,1-2H3;1-2H/t41-;;/m1../s1. The second-order valence-electron chi connectivity index (χ2n) is 15.8. The van der Waals surface area contributed by atoms with Gasteiger partial charge in [0.2, 0.25) is 17.7 Å². The largest absolute Gasteiger partial charge is 0.488 e. The van der Waals surface area contributed by atoms with Crippen LogP contribution in [0.4, 0.5) is 4.79 Å². The molecular weight excluding hydrogens is 813 g/mol. The van der Waals surface area contributed by atoms with Gasteiger partial charge in [0.05, 0.1) is 44.0 Å². The number of terminal acetylenes is 1. The van der Waals surface area contributed by atoms with Crippen LogP contribution in [-0.4, -0.2) is 80.3 Å². The Morgan fingerprint density at radius 1 is 0.797 bits per heavy atom. The number of H-pyrrole nitrogens is 2. The van der Waals surface area contributed by atoms with E-state index < -0.39 is 12.1 Å². The van der Waals surface area contributed by atoms with E-state index in [9.17, 15) is 19.2 Å². The molecule has 5 aromatic rings. The van der Waals surface area contributed by atoms with Crippen molar-refractivity contribution in [2.45, 2.75) is 92.1 Å². The van der Waals surface area contributed by atoms with Crippen LogP contribution >= 0.6 is 0 Å². The third kappa shape index (κ3) is 10.9. The van der Waals surface area contributed by atoms with Crippen LogP contribution in [0.2, 0.25) is 0 Å². The van der Waals surface area contributed by atoms with Gasteiger partial charge in [0, 0.05) is 52.4 Å². The van der Waals surface area contributed by atoms with Gasteiger partial charge in [-0.25, -0.2) is 14.8 Å². The molecular formula is C49H58N8O7. The normalized spacial score (nSPS) is 13.2. The van der Waals surface area contributed by atoms with Crippen molar-refractivity contribution in [3.05, 3.63) is 95.3 Å². The lowest BCUT2D eigenvalue weighted by molar-refractivity contribution is -0.137. The number of alkyl carbamates (subject to hydrolysis) is 1. The van der Waals surface area contributed by atoms with Gasteiger partial charge in [0.15, 0.2) is 0 Å². The Labute approximate surface area is 374 Å². The van der Waals surface area contributed by atoms with Gasteiger partial charge in [-0.3, -0.25) is 14.4 Å². The highest BCUT2D eigenvalue weighted by Crippen LogP contribution is 2.50. The summed E-state index contributed by atoms with van der Waals surface area (Å²) in [7, 11) is 1.25. The Morgan fingerprint density at radius 2 is 1.31 bits per heavy atom. The number of carbonyl (C=O) groups is 4. The van der Waals surface area contributed by atoms with Gasteiger partial charge in [-0.05, 0) is 55.5 Å². The molecule has 4 heterocycles. The fraction of sp³-hybridized carbons (Fsp3) is 0.388. The second kappa shape index (κ2) is 21.8. The van der Waals surface area contributed by atoms with E-state index in [-0.39, 0.29) is 43.3 Å². The molecule has 336 valence electrons. The summed E-state index contributed by atoms with van der Waals surface area (Å²) < 4.78 is 17.4. The predicted octanol–water partition coefficient (Wildman–Crippen LogP) is 7.69. The average molecular weight is 871 g/mol. The van der Waals surface area contributed by atoms with Crippen molar-refractivity contribution in [1.82, 2.24) is 40.4 Å². The summed E-state index contributed by atoms with van der Waals surface area (Å²) in [5.41, 5.74) is 8.06. The van der Waals surface area contributed by atoms with Gasteiger partial charge in [0.1, 0.15) is 48.9 Å². The Kier molecular flexibility index (Phi) is 15.8. The van der Waals surface area contributed by atoms with E-state index in [1.165, 1.54) is 13.5 Å². The zero-order valence-electron chi connectivity index (χ0n) is 37.3. The maximum Gasteiger partial charge on any atom is 0.407 e. The minimum absolute atomic E-state index is 0.0234. The first kappa shape index (κ1) is 46.4. The summed E-state index contributed by atoms with van der Waals surface area (Å²) in [5.74, 6) is 2.24. The SMILES string of the molecule is C#C.CCC.CCCN(Cc1ncc(-c2cc3c4c(c2)OCc2cc(-c5cnc(CN(CCC)C(=O)[C@H](NC(=O)C6CC6)c6ccccc6)[nH]5)cc(c2-4)OC3)[nH]1)C(=O)CNC(=O)OC. The molecule has 1 atom stereocenters. The molecule has 3 aromatic carbocycles. The molecule has 0 radical (unpaired) electrons. The number of amides is 4. The molecule has 0 unspecified atom stereocenters. The van der Waals surface area contributed by atoms with Crippen molar-refractivity contribution < 1.29 is 33.4 Å². The number of nitrogens with one attached hydrogen (secondary N) is 4. The molecule has 4 N–H and O–H groups in total. The highest BCUT2D eigenvalue weighted by molar-refractivity contribution is 5.91. The first-order valence-electron chi connectivity index (χ1n) is 21.9. The highest BCUT2D eigenvalue weighted by atomic mass is 16.5. The second-order valence-corrected chi connectivity index (χ2v) is 15.8. The summed E-state index contributed by atoms with van der Waals surface area (Å²) in [4.78, 5) is 70.7. The van der Waals surface area contributed by atoms with Crippen LogP contribution in [-0.2, 0) is 45.4 Å². The molecule has 0 saturated heterocycles. The van der Waals surface area contributed by atoms with E-state index in [0.29, 0.717) is 38.0 Å². The first-order valence-corrected chi connectivity index (χ1v) is 21.9. The fourth-order valence-electron chi connectivity index (χ4n) is 7.68. The molecule has 0 spiro atoms. The maximum absolute atomic E-state index is 14.1. The summed E-state index contributed by atoms with van der Waals surface area (Å²) in [6.07, 6.45) is 15.3. The van der Waals surface area contributed by atoms with Gasteiger partial charge in [0.25, 0.3) is 0 Å². The quantitative estimate of drug-likeness (QED) is 0.0723. The van der Waals surface area contributed by atoms with E-state index in [2.05, 4.69) is 74.1 Å². The maximum atomic E-state index is 14.1. The Balaban J connectivity index is 0.00000131. The minimum atomic E-state index is -0.778. The van der Waals surface area contributed by atoms with Gasteiger partial charge in [-0.1, -0.05) is 64.4 Å². The van der Waals surface area contributed by atoms with Crippen LogP contribution in [0.25, 0.3) is 33.6 Å². The first-order chi connectivity index (χ1) is 31.1. The van der Waals surface area contributed by atoms with E-state index in [4.69, 9.17) is 9.47 Å². The van der Waals surface area contributed by atoms with Crippen LogP contribution in [0.15, 0.2) is 67.0 Å². The van der Waals surface area contributed by atoms with Gasteiger partial charge in [-0.2, -0.15) is 0 Å². The molecule has 3 aliphatic rings. The number of aromatic nitrogens is 4. The third-order valence-electron chi connectivity index (χ3n) is 10.8. The summed E-state index contributed by atoms with van der Waals surface area (Å²) >= 11 is 0. The number of hydrogen-bond donors (Lipinski definition) is 4. The number of ether oxygens (including phenoxy) is 3. The Bertz CT molecular complexity index is 2390. The summed E-state index contributed by atoms with van der Waals surface area (Å²) in [6, 6.07) is 16.8. The minimum Gasteiger partial charge on any atom is -0.488 e. The number of methoxy groups -OCH3 is 1. The molecule has 1 saturated carbocycles. The lowest BCUT2D eigenvalue weighted by Crippen LogP contribution is -2.43. The smallest absolute Gasteiger partial charge is 0.407 e. The topological polar surface area (TPSA) is 184 Å². The highest BCUT2D eigenvalue weighted by Gasteiger charge is 2.35. The average Bonchev–Trinajstić information content (AvgIpc) is 3.90. The number of hydrogen-bond acceptors (Lipinski definition) is 9. The van der Waals surface area contributed by atoms with Gasteiger partial charge < -0.3 is 44.6 Å². The molecule has 1 fully saturated rings. The third-order valence-corrected chi connectivity index (χ3v) is 10.8. The zero-order chi connectivity index (χ0) is 45.8. The Hall–Kier alpha value is -7.08. The van der Waals surface area contributed by atoms with Gasteiger partial charge in [-0.15, -0.1) is 12.8 Å². The number of aromatic amines is 2. The molecule has 8 rings (SSSR count). The fourth-order valence-corrected chi connectivity index (χ4v) is 7.68. The van der Waals surface area contributed by atoms with E-state index in [0.717, 1.165) is 87.5 Å². The number of carbonyl (C=O) groups excluding carboxylic acids is 4. The molecule has 2 aromatic heterocycles. The van der Waals surface area contributed by atoms with Crippen LogP contribution < -0.4 is 20.1 Å². The van der Waals surface area contributed by atoms with Crippen LogP contribution in [0.5, 0.6) is 11.5 Å². The van der Waals surface area contributed by atoms with Crippen molar-refractivity contribution in [3.63, 3.8) is 0 Å². The molecule has 15 nitrogen and oxygen atoms in total. The van der Waals surface area contributed by atoms with Crippen molar-refractivity contribution in [3.8, 4) is 58.0 Å². The summed E-state index contributed by atoms with van der Waals surface area (Å²) in [5, 5.41) is 5.47. The molecule has 64 heavy (non-hydrogen) atoms. The van der Waals surface area contributed by atoms with Crippen molar-refractivity contribution in [2.75, 3.05) is 26.7 Å². The van der Waals surface area contributed by atoms with Crippen LogP contribution in [0.3, 0.4) is 0 Å². The zero-order valence-corrected chi connectivity index (χ0v) is 37.3. The van der Waals surface area contributed by atoms with Crippen LogP contribution in [0.1, 0.15) is 94.2 Å². The van der Waals surface area contributed by atoms with Crippen molar-refractivity contribution in [1.29, 1.82) is 0 Å². The lowest BCUT2D eigenvalue weighted by Gasteiger charge is -2.30. The van der Waals surface area contributed by atoms with Crippen molar-refractivity contribution >= 4 is 23.8 Å². The number of benzene rings is 3. The molecule has 1 aliphatic carbocycles. The lowest BCUT2D eigenvalue weighted by atomic mass is 9.87. The monoisotopic (exact) mass is 870 g/mol. The molecule has 15 heteroatoms. The number of imidazole rings is 2. The van der Waals surface area contributed by atoms with Crippen molar-refractivity contribution in [2.24, 2.45) is 5.92 Å².